The summed E-state index contributed by atoms with van der Waals surface area (Å²) in [6, 6.07) is 7.53. The molecule has 1 aromatic carbocycles. The second-order valence-electron chi connectivity index (χ2n) is 7.99. The second kappa shape index (κ2) is 7.73. The number of nitrogens with one attached hydrogen (secondary N) is 2. The van der Waals surface area contributed by atoms with Gasteiger partial charge in [0.15, 0.2) is 0 Å². The number of nitrogens with zero attached hydrogens (tertiary/aromatic N) is 2. The quantitative estimate of drug-likeness (QED) is 0.695. The van der Waals surface area contributed by atoms with Crippen molar-refractivity contribution in [1.82, 2.24) is 20.4 Å². The van der Waals surface area contributed by atoms with Gasteiger partial charge in [-0.1, -0.05) is 11.6 Å². The molecular formula is C22H26N4O3. The summed E-state index contributed by atoms with van der Waals surface area (Å²) >= 11 is 0. The molecule has 1 aliphatic heterocycles. The molecule has 0 aliphatic carbocycles. The van der Waals surface area contributed by atoms with Crippen molar-refractivity contribution >= 4 is 22.8 Å². The molecule has 2 amide bonds. The highest BCUT2D eigenvalue weighted by atomic mass is 16.3. The number of carbonyl (C=O) groups excluding carboxylic acids is 2. The minimum absolute atomic E-state index is 0.00620. The number of furan rings is 1. The van der Waals surface area contributed by atoms with E-state index in [0.717, 1.165) is 27.8 Å². The van der Waals surface area contributed by atoms with Crippen LogP contribution in [0.15, 0.2) is 41.1 Å². The number of piperidine rings is 1. The second-order valence-corrected chi connectivity index (χ2v) is 7.99. The zero-order valence-corrected chi connectivity index (χ0v) is 16.9. The molecule has 3 heterocycles. The smallest absolute Gasteiger partial charge is 0.224 e. The lowest BCUT2D eigenvalue weighted by molar-refractivity contribution is -0.127. The number of fused-ring (bicyclic) bond motifs is 1. The highest BCUT2D eigenvalue weighted by Gasteiger charge is 2.33. The summed E-state index contributed by atoms with van der Waals surface area (Å²) < 4.78 is 7.47. The third-order valence-corrected chi connectivity index (χ3v) is 5.42. The maximum atomic E-state index is 12.8. The normalized spacial score (nSPS) is 19.5. The number of aromatic nitrogens is 2. The molecule has 2 N–H and O–H groups in total. The summed E-state index contributed by atoms with van der Waals surface area (Å²) in [5, 5.41) is 11.5. The van der Waals surface area contributed by atoms with Gasteiger partial charge >= 0.3 is 0 Å². The lowest BCUT2D eigenvalue weighted by atomic mass is 9.94. The summed E-state index contributed by atoms with van der Waals surface area (Å²) in [5.74, 6) is -0.0933. The molecule has 7 nitrogen and oxygen atoms in total. The maximum Gasteiger partial charge on any atom is 0.224 e. The molecular weight excluding hydrogens is 368 g/mol. The highest BCUT2D eigenvalue weighted by molar-refractivity contribution is 5.88. The van der Waals surface area contributed by atoms with Crippen LogP contribution in [0.4, 0.5) is 0 Å². The fourth-order valence-corrected chi connectivity index (χ4v) is 4.00. The van der Waals surface area contributed by atoms with Crippen LogP contribution in [0, 0.1) is 6.92 Å². The molecule has 1 fully saturated rings. The van der Waals surface area contributed by atoms with Crippen LogP contribution in [0.2, 0.25) is 0 Å². The van der Waals surface area contributed by atoms with Crippen LogP contribution in [0.1, 0.15) is 55.6 Å². The van der Waals surface area contributed by atoms with Crippen LogP contribution in [-0.4, -0.2) is 27.6 Å². The fourth-order valence-electron chi connectivity index (χ4n) is 4.00. The first-order chi connectivity index (χ1) is 13.9. The van der Waals surface area contributed by atoms with Crippen molar-refractivity contribution in [1.29, 1.82) is 0 Å². The first-order valence-electron chi connectivity index (χ1n) is 10.0. The molecule has 0 saturated carbocycles. The summed E-state index contributed by atoms with van der Waals surface area (Å²) in [4.78, 5) is 24.9. The van der Waals surface area contributed by atoms with Gasteiger partial charge in [0, 0.05) is 29.6 Å². The van der Waals surface area contributed by atoms with E-state index >= 15 is 0 Å². The largest absolute Gasteiger partial charge is 0.464 e. The van der Waals surface area contributed by atoms with Gasteiger partial charge in [-0.25, -0.2) is 0 Å². The molecule has 29 heavy (non-hydrogen) atoms. The van der Waals surface area contributed by atoms with Crippen molar-refractivity contribution in [3.05, 3.63) is 53.5 Å². The SMILES string of the molecule is Cc1ccc2occ(CC(=O)N[C@@H]3CCC(=O)N[C@H]3c3ccnn3C(C)C)c2c1. The molecule has 0 radical (unpaired) electrons. The lowest BCUT2D eigenvalue weighted by Gasteiger charge is -2.33. The number of hydrogen-bond acceptors (Lipinski definition) is 4. The van der Waals surface area contributed by atoms with E-state index in [9.17, 15) is 9.59 Å². The number of benzene rings is 1. The Morgan fingerprint density at radius 3 is 3.00 bits per heavy atom. The molecule has 0 spiro atoms. The minimum Gasteiger partial charge on any atom is -0.464 e. The Morgan fingerprint density at radius 1 is 1.38 bits per heavy atom. The Balaban J connectivity index is 1.53. The number of carbonyl (C=O) groups is 2. The van der Waals surface area contributed by atoms with Gasteiger partial charge in [-0.05, 0) is 45.4 Å². The Bertz CT molecular complexity index is 1050. The van der Waals surface area contributed by atoms with Crippen molar-refractivity contribution in [3.63, 3.8) is 0 Å². The number of hydrogen-bond donors (Lipinski definition) is 2. The van der Waals surface area contributed by atoms with E-state index < -0.39 is 0 Å². The van der Waals surface area contributed by atoms with E-state index in [-0.39, 0.29) is 36.4 Å². The molecule has 0 unspecified atom stereocenters. The van der Waals surface area contributed by atoms with Crippen molar-refractivity contribution in [2.45, 2.75) is 58.2 Å². The van der Waals surface area contributed by atoms with Crippen molar-refractivity contribution in [2.75, 3.05) is 0 Å². The summed E-state index contributed by atoms with van der Waals surface area (Å²) in [6.07, 6.45) is 4.60. The molecule has 2 aromatic heterocycles. The Morgan fingerprint density at radius 2 is 2.21 bits per heavy atom. The van der Waals surface area contributed by atoms with E-state index in [1.807, 2.05) is 49.7 Å². The van der Waals surface area contributed by atoms with Gasteiger partial charge in [-0.3, -0.25) is 14.3 Å². The first-order valence-corrected chi connectivity index (χ1v) is 10.0. The fraction of sp³-hybridized carbons (Fsp3) is 0.409. The van der Waals surface area contributed by atoms with Crippen LogP contribution in [0.25, 0.3) is 11.0 Å². The number of aryl methyl sites for hydroxylation is 1. The van der Waals surface area contributed by atoms with E-state index in [0.29, 0.717) is 12.8 Å². The summed E-state index contributed by atoms with van der Waals surface area (Å²) in [7, 11) is 0. The van der Waals surface area contributed by atoms with E-state index in [1.54, 1.807) is 12.5 Å². The van der Waals surface area contributed by atoms with Crippen molar-refractivity contribution < 1.29 is 14.0 Å². The monoisotopic (exact) mass is 394 g/mol. The van der Waals surface area contributed by atoms with Crippen LogP contribution >= 0.6 is 0 Å². The molecule has 2 atom stereocenters. The number of amides is 2. The van der Waals surface area contributed by atoms with Crippen molar-refractivity contribution in [2.24, 2.45) is 0 Å². The van der Waals surface area contributed by atoms with Gasteiger partial charge in [-0.15, -0.1) is 0 Å². The molecule has 1 saturated heterocycles. The van der Waals surface area contributed by atoms with Crippen LogP contribution in [0.3, 0.4) is 0 Å². The molecule has 7 heteroatoms. The average molecular weight is 394 g/mol. The van der Waals surface area contributed by atoms with Crippen molar-refractivity contribution in [3.8, 4) is 0 Å². The molecule has 4 rings (SSSR count). The number of rotatable bonds is 5. The Kier molecular flexibility index (Phi) is 5.13. The molecule has 152 valence electrons. The predicted octanol–water partition coefficient (Wildman–Crippen LogP) is 3.20. The zero-order valence-electron chi connectivity index (χ0n) is 16.9. The topological polar surface area (TPSA) is 89.2 Å². The van der Waals surface area contributed by atoms with Crippen LogP contribution in [0.5, 0.6) is 0 Å². The van der Waals surface area contributed by atoms with E-state index in [1.165, 1.54) is 0 Å². The van der Waals surface area contributed by atoms with Gasteiger partial charge in [0.25, 0.3) is 0 Å². The molecule has 0 bridgehead atoms. The van der Waals surface area contributed by atoms with Gasteiger partial charge in [0.05, 0.1) is 30.5 Å². The lowest BCUT2D eigenvalue weighted by Crippen LogP contribution is -2.51. The first kappa shape index (κ1) is 19.2. The summed E-state index contributed by atoms with van der Waals surface area (Å²) in [6.45, 7) is 6.10. The molecule has 1 aliphatic rings. The summed E-state index contributed by atoms with van der Waals surface area (Å²) in [5.41, 5.74) is 3.67. The third kappa shape index (κ3) is 3.90. The maximum absolute atomic E-state index is 12.8. The highest BCUT2D eigenvalue weighted by Crippen LogP contribution is 2.27. The van der Waals surface area contributed by atoms with Gasteiger partial charge in [-0.2, -0.15) is 5.10 Å². The van der Waals surface area contributed by atoms with Gasteiger partial charge < -0.3 is 15.1 Å². The van der Waals surface area contributed by atoms with Crippen LogP contribution < -0.4 is 10.6 Å². The van der Waals surface area contributed by atoms with E-state index in [4.69, 9.17) is 4.42 Å². The third-order valence-electron chi connectivity index (χ3n) is 5.42. The van der Waals surface area contributed by atoms with Gasteiger partial charge in [0.2, 0.25) is 11.8 Å². The standard InChI is InChI=1S/C22H26N4O3/c1-13(2)26-18(8-9-23-26)22-17(5-7-20(27)25-22)24-21(28)11-15-12-29-19-6-4-14(3)10-16(15)19/h4,6,8-10,12-13,17,22H,5,7,11H2,1-3H3,(H,24,28)(H,25,27)/t17-,22-/m1/s1. The van der Waals surface area contributed by atoms with Gasteiger partial charge in [0.1, 0.15) is 5.58 Å². The Labute approximate surface area is 169 Å². The average Bonchev–Trinajstić information content (AvgIpc) is 3.31. The van der Waals surface area contributed by atoms with E-state index in [2.05, 4.69) is 15.7 Å². The van der Waals surface area contributed by atoms with Crippen LogP contribution in [-0.2, 0) is 16.0 Å². The minimum atomic E-state index is -0.298. The predicted molar refractivity (Wildman–Crippen MR) is 109 cm³/mol. The Hall–Kier alpha value is -3.09. The zero-order chi connectivity index (χ0) is 20.5. The molecule has 3 aromatic rings.